The number of nitrogens with zero attached hydrogens (tertiary/aromatic N) is 2. The van der Waals surface area contributed by atoms with Crippen molar-refractivity contribution in [2.75, 3.05) is 9.80 Å². The van der Waals surface area contributed by atoms with Crippen molar-refractivity contribution in [2.45, 2.75) is 71.1 Å². The summed E-state index contributed by atoms with van der Waals surface area (Å²) in [6.07, 6.45) is 4.68. The van der Waals surface area contributed by atoms with Crippen molar-refractivity contribution in [2.24, 2.45) is 11.3 Å². The lowest BCUT2D eigenvalue weighted by molar-refractivity contribution is 0.137. The quantitative estimate of drug-likeness (QED) is 0.135. The highest BCUT2D eigenvalue weighted by molar-refractivity contribution is 5.95. The van der Waals surface area contributed by atoms with Crippen LogP contribution in [0.4, 0.5) is 34.1 Å². The van der Waals surface area contributed by atoms with Crippen LogP contribution in [-0.4, -0.2) is 0 Å². The largest absolute Gasteiger partial charge is 0.311 e. The molecular weight excluding hydrogens is 833 g/mol. The van der Waals surface area contributed by atoms with E-state index in [0.717, 1.165) is 47.0 Å². The zero-order chi connectivity index (χ0) is 47.2. The van der Waals surface area contributed by atoms with Gasteiger partial charge in [-0.15, -0.1) is 0 Å². The Labute approximate surface area is 410 Å². The van der Waals surface area contributed by atoms with Gasteiger partial charge in [-0.25, -0.2) is 0 Å². The van der Waals surface area contributed by atoms with Gasteiger partial charge in [0.05, 0.1) is 5.69 Å². The predicted octanol–water partition coefficient (Wildman–Crippen LogP) is 18.8. The molecule has 2 aliphatic rings. The van der Waals surface area contributed by atoms with Crippen LogP contribution in [0.5, 0.6) is 0 Å². The third-order valence-corrected chi connectivity index (χ3v) is 15.6. The third-order valence-electron chi connectivity index (χ3n) is 15.6. The summed E-state index contributed by atoms with van der Waals surface area (Å²) in [6, 6.07) is 85.5. The molecule has 0 radical (unpaired) electrons. The molecule has 2 heteroatoms. The summed E-state index contributed by atoms with van der Waals surface area (Å²) in [5.74, 6) is 0.589. The summed E-state index contributed by atoms with van der Waals surface area (Å²) >= 11 is 0. The zero-order valence-electron chi connectivity index (χ0n) is 40.7. The van der Waals surface area contributed by atoms with E-state index in [2.05, 4.69) is 275 Å². The number of fused-ring (bicyclic) bond motifs is 3. The van der Waals surface area contributed by atoms with E-state index in [0.29, 0.717) is 5.92 Å². The Morgan fingerprint density at radius 1 is 0.420 bits per heavy atom. The molecule has 0 spiro atoms. The van der Waals surface area contributed by atoms with Gasteiger partial charge < -0.3 is 9.80 Å². The van der Waals surface area contributed by atoms with Crippen molar-refractivity contribution in [1.29, 1.82) is 0 Å². The Balaban J connectivity index is 1.04. The van der Waals surface area contributed by atoms with Gasteiger partial charge in [-0.3, -0.25) is 0 Å². The van der Waals surface area contributed by atoms with E-state index in [-0.39, 0.29) is 16.2 Å². The summed E-state index contributed by atoms with van der Waals surface area (Å²) in [6.45, 7) is 12.1. The average Bonchev–Trinajstić information content (AvgIpc) is 3.63. The number of hydrogen-bond donors (Lipinski definition) is 0. The highest BCUT2D eigenvalue weighted by Gasteiger charge is 2.43. The van der Waals surface area contributed by atoms with Crippen molar-refractivity contribution < 1.29 is 0 Å². The smallest absolute Gasteiger partial charge is 0.0540 e. The van der Waals surface area contributed by atoms with E-state index in [4.69, 9.17) is 0 Å². The Bertz CT molecular complexity index is 3160. The average molecular weight is 895 g/mol. The van der Waals surface area contributed by atoms with Crippen LogP contribution in [0.1, 0.15) is 82.6 Å². The summed E-state index contributed by atoms with van der Waals surface area (Å²) in [7, 11) is 0. The minimum atomic E-state index is -0.189. The second kappa shape index (κ2) is 17.9. The lowest BCUT2D eigenvalue weighted by atomic mass is 9.58. The van der Waals surface area contributed by atoms with Crippen LogP contribution in [0.3, 0.4) is 0 Å². The number of anilines is 6. The van der Waals surface area contributed by atoms with Gasteiger partial charge in [-0.1, -0.05) is 205 Å². The number of para-hydroxylation sites is 3. The van der Waals surface area contributed by atoms with Crippen molar-refractivity contribution in [1.82, 2.24) is 0 Å². The first kappa shape index (κ1) is 44.1. The number of benzene rings is 9. The van der Waals surface area contributed by atoms with Crippen LogP contribution < -0.4 is 9.80 Å². The van der Waals surface area contributed by atoms with Crippen LogP contribution in [0.25, 0.3) is 33.4 Å². The maximum atomic E-state index is 2.51. The van der Waals surface area contributed by atoms with Crippen molar-refractivity contribution in [3.8, 4) is 33.4 Å². The molecule has 0 aromatic heterocycles. The molecule has 1 saturated carbocycles. The first-order valence-electron chi connectivity index (χ1n) is 25.0. The number of hydrogen-bond acceptors (Lipinski definition) is 2. The molecule has 11 rings (SSSR count). The molecule has 0 heterocycles. The molecule has 9 aromatic carbocycles. The van der Waals surface area contributed by atoms with Gasteiger partial charge in [0.1, 0.15) is 0 Å². The molecule has 2 unspecified atom stereocenters. The first-order valence-corrected chi connectivity index (χ1v) is 25.0. The minimum Gasteiger partial charge on any atom is -0.311 e. The zero-order valence-corrected chi connectivity index (χ0v) is 40.7. The van der Waals surface area contributed by atoms with Gasteiger partial charge in [0, 0.05) is 44.8 Å². The van der Waals surface area contributed by atoms with E-state index in [9.17, 15) is 0 Å². The van der Waals surface area contributed by atoms with E-state index in [1.165, 1.54) is 68.5 Å². The molecule has 0 amide bonds. The van der Waals surface area contributed by atoms with Gasteiger partial charge in [-0.2, -0.15) is 0 Å². The summed E-state index contributed by atoms with van der Waals surface area (Å²) in [5, 5.41) is 0. The van der Waals surface area contributed by atoms with Crippen LogP contribution in [-0.2, 0) is 10.8 Å². The Morgan fingerprint density at radius 3 is 1.48 bits per heavy atom. The summed E-state index contributed by atoms with van der Waals surface area (Å²) in [5.41, 5.74) is 19.9. The number of rotatable bonds is 10. The molecule has 9 aromatic rings. The highest BCUT2D eigenvalue weighted by Crippen LogP contribution is 2.55. The maximum absolute atomic E-state index is 2.51. The van der Waals surface area contributed by atoms with E-state index in [1.807, 2.05) is 0 Å². The molecule has 2 nitrogen and oxygen atoms in total. The topological polar surface area (TPSA) is 6.48 Å². The van der Waals surface area contributed by atoms with Gasteiger partial charge in [-0.05, 0) is 147 Å². The maximum Gasteiger partial charge on any atom is 0.0540 e. The monoisotopic (exact) mass is 894 g/mol. The summed E-state index contributed by atoms with van der Waals surface area (Å²) in [4.78, 5) is 4.87. The molecule has 0 bridgehead atoms. The summed E-state index contributed by atoms with van der Waals surface area (Å²) < 4.78 is 0. The third kappa shape index (κ3) is 8.06. The first-order chi connectivity index (χ1) is 33.6. The lowest BCUT2D eigenvalue weighted by Gasteiger charge is -2.46. The molecular formula is C67H62N2. The van der Waals surface area contributed by atoms with Crippen LogP contribution >= 0.6 is 0 Å². The molecule has 1 fully saturated rings. The van der Waals surface area contributed by atoms with Crippen molar-refractivity contribution in [3.63, 3.8) is 0 Å². The Kier molecular flexibility index (Phi) is 11.4. The fraction of sp³-hybridized carbons (Fsp3) is 0.194. The lowest BCUT2D eigenvalue weighted by Crippen LogP contribution is -2.38. The van der Waals surface area contributed by atoms with Gasteiger partial charge in [0.2, 0.25) is 0 Å². The van der Waals surface area contributed by atoms with Crippen LogP contribution in [0.15, 0.2) is 231 Å². The van der Waals surface area contributed by atoms with Crippen LogP contribution in [0.2, 0.25) is 0 Å². The Morgan fingerprint density at radius 2 is 0.899 bits per heavy atom. The molecule has 0 aliphatic heterocycles. The minimum absolute atomic E-state index is 0.135. The molecule has 2 aliphatic carbocycles. The molecule has 340 valence electrons. The normalized spacial score (nSPS) is 17.1. The molecule has 2 atom stereocenters. The SMILES string of the molecule is CC1(C)c2cc(N(c3ccc(C4(c5ccc(N(c6ccccc6)c6ccccc6)cc5)CCCC(C(C)(C)C)C4)cc3)c3ccccc3-c3ccccc3)ccc2-c2c(-c3ccccc3)cccc21. The van der Waals surface area contributed by atoms with Crippen LogP contribution in [0, 0.1) is 11.3 Å². The molecule has 0 saturated heterocycles. The van der Waals surface area contributed by atoms with Crippen molar-refractivity contribution >= 4 is 34.1 Å². The fourth-order valence-corrected chi connectivity index (χ4v) is 11.9. The fourth-order valence-electron chi connectivity index (χ4n) is 11.9. The van der Waals surface area contributed by atoms with Crippen molar-refractivity contribution in [3.05, 3.63) is 253 Å². The standard InChI is InChI=1S/C67H62N2/c1-65(2,3)52-26-21-45-67(47-52,50-35-39-55(40-36-50)68(53-27-14-8-15-28-53)54-29-16-9-17-30-54)51-37-41-56(42-38-51)69(63-34-19-18-31-58(63)48-22-10-6-11-23-48)57-43-44-60-62(46-57)66(4,5)61-33-20-32-59(64(60)61)49-24-12-7-13-25-49/h6-20,22-25,27-44,46,52H,21,26,45,47H2,1-5H3. The van der Waals surface area contributed by atoms with E-state index >= 15 is 0 Å². The highest BCUT2D eigenvalue weighted by atomic mass is 15.1. The van der Waals surface area contributed by atoms with Gasteiger partial charge in [0.15, 0.2) is 0 Å². The van der Waals surface area contributed by atoms with Gasteiger partial charge >= 0.3 is 0 Å². The molecule has 69 heavy (non-hydrogen) atoms. The molecule has 0 N–H and O–H groups in total. The van der Waals surface area contributed by atoms with Gasteiger partial charge in [0.25, 0.3) is 0 Å². The van der Waals surface area contributed by atoms with E-state index < -0.39 is 0 Å². The second-order valence-electron chi connectivity index (χ2n) is 21.0. The second-order valence-corrected chi connectivity index (χ2v) is 21.0. The Hall–Kier alpha value is -7.42. The predicted molar refractivity (Wildman–Crippen MR) is 293 cm³/mol. The van der Waals surface area contributed by atoms with E-state index in [1.54, 1.807) is 0 Å².